The average molecular weight is 340 g/mol. The highest BCUT2D eigenvalue weighted by Gasteiger charge is 2.27. The van der Waals surface area contributed by atoms with E-state index in [9.17, 15) is 4.79 Å². The van der Waals surface area contributed by atoms with Gasteiger partial charge in [-0.15, -0.1) is 0 Å². The molecule has 132 valence electrons. The molecule has 2 heterocycles. The predicted octanol–water partition coefficient (Wildman–Crippen LogP) is 3.09. The highest BCUT2D eigenvalue weighted by atomic mass is 16.5. The highest BCUT2D eigenvalue weighted by molar-refractivity contribution is 5.82. The molecule has 5 nitrogen and oxygen atoms in total. The molecule has 1 atom stereocenters. The van der Waals surface area contributed by atoms with Crippen molar-refractivity contribution in [1.29, 1.82) is 0 Å². The van der Waals surface area contributed by atoms with Crippen LogP contribution in [0.1, 0.15) is 31.1 Å². The molecule has 1 unspecified atom stereocenters. The van der Waals surface area contributed by atoms with Crippen molar-refractivity contribution >= 4 is 5.91 Å². The fourth-order valence-electron chi connectivity index (χ4n) is 2.97. The Balaban J connectivity index is 1.87. The summed E-state index contributed by atoms with van der Waals surface area (Å²) < 4.78 is 13.0. The fraction of sp³-hybridized carbons (Fsp3) is 0.400. The molecule has 1 aliphatic rings. The van der Waals surface area contributed by atoms with E-state index in [1.54, 1.807) is 10.8 Å². The Morgan fingerprint density at radius 2 is 2.20 bits per heavy atom. The van der Waals surface area contributed by atoms with Crippen LogP contribution in [0.15, 0.2) is 47.6 Å². The molecular weight excluding hydrogens is 316 g/mol. The monoisotopic (exact) mass is 340 g/mol. The maximum Gasteiger partial charge on any atom is 0.239 e. The van der Waals surface area contributed by atoms with Crippen molar-refractivity contribution in [3.8, 4) is 11.5 Å². The molecule has 0 fully saturated rings. The second kappa shape index (κ2) is 7.55. The first-order valence-corrected chi connectivity index (χ1v) is 8.72. The second-order valence-electron chi connectivity index (χ2n) is 6.40. The zero-order valence-electron chi connectivity index (χ0n) is 14.9. The number of rotatable bonds is 4. The van der Waals surface area contributed by atoms with E-state index in [4.69, 9.17) is 9.47 Å². The smallest absolute Gasteiger partial charge is 0.239 e. The summed E-state index contributed by atoms with van der Waals surface area (Å²) in [6.45, 7) is 6.94. The second-order valence-corrected chi connectivity index (χ2v) is 6.40. The maximum atomic E-state index is 13.0. The third kappa shape index (κ3) is 3.92. The Kier molecular flexibility index (Phi) is 5.22. The van der Waals surface area contributed by atoms with Crippen LogP contribution in [-0.2, 0) is 6.42 Å². The summed E-state index contributed by atoms with van der Waals surface area (Å²) in [7, 11) is 0. The first-order valence-electron chi connectivity index (χ1n) is 8.72. The van der Waals surface area contributed by atoms with Gasteiger partial charge in [-0.25, -0.2) is 0 Å². The van der Waals surface area contributed by atoms with E-state index in [-0.39, 0.29) is 17.9 Å². The molecule has 1 aromatic heterocycles. The number of carbonyl (C=O) groups is 1. The van der Waals surface area contributed by atoms with Crippen LogP contribution >= 0.6 is 0 Å². The standard InChI is InChI=1S/C20H24N2O3/c1-4-24-17-8-9-18-15(12-17)11-16(13-25-18)20(23)22-10-6-5-7-19(22)21-14(2)3/h5-10,12,14,16H,4,11,13H2,1-3H3. The van der Waals surface area contributed by atoms with Gasteiger partial charge in [-0.1, -0.05) is 6.07 Å². The van der Waals surface area contributed by atoms with Crippen LogP contribution in [0, 0.1) is 5.92 Å². The normalized spacial score (nSPS) is 17.1. The van der Waals surface area contributed by atoms with Crippen LogP contribution in [0.3, 0.4) is 0 Å². The Bertz CT molecular complexity index is 824. The molecule has 0 radical (unpaired) electrons. The molecule has 0 N–H and O–H groups in total. The molecule has 0 spiro atoms. The molecule has 1 aliphatic heterocycles. The van der Waals surface area contributed by atoms with E-state index in [0.29, 0.717) is 25.1 Å². The minimum Gasteiger partial charge on any atom is -0.494 e. The maximum absolute atomic E-state index is 13.0. The van der Waals surface area contributed by atoms with Crippen LogP contribution in [-0.4, -0.2) is 29.7 Å². The van der Waals surface area contributed by atoms with Gasteiger partial charge in [-0.05, 0) is 63.1 Å². The van der Waals surface area contributed by atoms with Gasteiger partial charge in [0, 0.05) is 12.2 Å². The molecule has 0 saturated carbocycles. The summed E-state index contributed by atoms with van der Waals surface area (Å²) in [6.07, 6.45) is 2.41. The van der Waals surface area contributed by atoms with Gasteiger partial charge in [0.05, 0.1) is 12.5 Å². The van der Waals surface area contributed by atoms with E-state index in [0.717, 1.165) is 17.1 Å². The van der Waals surface area contributed by atoms with Crippen molar-refractivity contribution in [3.63, 3.8) is 0 Å². The topological polar surface area (TPSA) is 52.8 Å². The lowest BCUT2D eigenvalue weighted by atomic mass is 9.95. The number of ether oxygens (including phenoxy) is 2. The molecule has 5 heteroatoms. The van der Waals surface area contributed by atoms with Gasteiger partial charge in [-0.2, -0.15) is 0 Å². The minimum absolute atomic E-state index is 0.00691. The molecule has 1 aromatic carbocycles. The van der Waals surface area contributed by atoms with Crippen LogP contribution < -0.4 is 15.0 Å². The predicted molar refractivity (Wildman–Crippen MR) is 96.1 cm³/mol. The third-order valence-corrected chi connectivity index (χ3v) is 4.06. The SMILES string of the molecule is CCOc1ccc2c(c1)CC(C(=O)n1ccccc1=NC(C)C)CO2. The van der Waals surface area contributed by atoms with Crippen molar-refractivity contribution in [2.45, 2.75) is 33.2 Å². The van der Waals surface area contributed by atoms with Gasteiger partial charge in [0.15, 0.2) is 0 Å². The number of aromatic nitrogens is 1. The van der Waals surface area contributed by atoms with Gasteiger partial charge in [0.1, 0.15) is 23.6 Å². The van der Waals surface area contributed by atoms with Crippen molar-refractivity contribution in [1.82, 2.24) is 4.57 Å². The summed E-state index contributed by atoms with van der Waals surface area (Å²) in [5.74, 6) is 1.41. The van der Waals surface area contributed by atoms with Gasteiger partial charge >= 0.3 is 0 Å². The summed E-state index contributed by atoms with van der Waals surface area (Å²) in [5, 5.41) is 0. The van der Waals surface area contributed by atoms with Crippen LogP contribution in [0.5, 0.6) is 11.5 Å². The number of nitrogens with zero attached hydrogens (tertiary/aromatic N) is 2. The molecule has 0 amide bonds. The van der Waals surface area contributed by atoms with Crippen LogP contribution in [0.25, 0.3) is 0 Å². The largest absolute Gasteiger partial charge is 0.494 e. The van der Waals surface area contributed by atoms with E-state index < -0.39 is 0 Å². The van der Waals surface area contributed by atoms with E-state index in [2.05, 4.69) is 4.99 Å². The van der Waals surface area contributed by atoms with Crippen molar-refractivity contribution in [2.75, 3.05) is 13.2 Å². The molecule has 25 heavy (non-hydrogen) atoms. The third-order valence-electron chi connectivity index (χ3n) is 4.06. The van der Waals surface area contributed by atoms with Crippen molar-refractivity contribution in [2.24, 2.45) is 10.9 Å². The lowest BCUT2D eigenvalue weighted by Gasteiger charge is -2.25. The fourth-order valence-corrected chi connectivity index (χ4v) is 2.97. The Morgan fingerprint density at radius 3 is 2.96 bits per heavy atom. The Labute approximate surface area is 147 Å². The van der Waals surface area contributed by atoms with Gasteiger partial charge < -0.3 is 9.47 Å². The van der Waals surface area contributed by atoms with E-state index in [1.807, 2.05) is 57.2 Å². The van der Waals surface area contributed by atoms with Gasteiger partial charge in [0.25, 0.3) is 0 Å². The first kappa shape index (κ1) is 17.3. The van der Waals surface area contributed by atoms with Gasteiger partial charge in [-0.3, -0.25) is 14.4 Å². The van der Waals surface area contributed by atoms with Gasteiger partial charge in [0.2, 0.25) is 5.91 Å². The quantitative estimate of drug-likeness (QED) is 0.859. The Morgan fingerprint density at radius 1 is 1.36 bits per heavy atom. The number of benzene rings is 1. The first-order chi connectivity index (χ1) is 12.1. The summed E-state index contributed by atoms with van der Waals surface area (Å²) in [4.78, 5) is 17.6. The van der Waals surface area contributed by atoms with E-state index >= 15 is 0 Å². The summed E-state index contributed by atoms with van der Waals surface area (Å²) in [6, 6.07) is 11.5. The lowest BCUT2D eigenvalue weighted by molar-refractivity contribution is 0.0760. The summed E-state index contributed by atoms with van der Waals surface area (Å²) >= 11 is 0. The number of carbonyl (C=O) groups excluding carboxylic acids is 1. The molecule has 2 aromatic rings. The van der Waals surface area contributed by atoms with Crippen LogP contribution in [0.4, 0.5) is 0 Å². The molecule has 0 bridgehead atoms. The van der Waals surface area contributed by atoms with Crippen LogP contribution in [0.2, 0.25) is 0 Å². The minimum atomic E-state index is -0.238. The summed E-state index contributed by atoms with van der Waals surface area (Å²) in [5.41, 5.74) is 1.69. The average Bonchev–Trinajstić information content (AvgIpc) is 2.61. The molecule has 0 saturated heterocycles. The Hall–Kier alpha value is -2.56. The highest BCUT2D eigenvalue weighted by Crippen LogP contribution is 2.31. The number of fused-ring (bicyclic) bond motifs is 1. The number of pyridine rings is 1. The number of hydrogen-bond acceptors (Lipinski definition) is 4. The molecular formula is C20H24N2O3. The van der Waals surface area contributed by atoms with E-state index in [1.165, 1.54) is 0 Å². The van der Waals surface area contributed by atoms with Crippen molar-refractivity contribution in [3.05, 3.63) is 53.6 Å². The molecule has 0 aliphatic carbocycles. The number of hydrogen-bond donors (Lipinski definition) is 0. The zero-order valence-corrected chi connectivity index (χ0v) is 14.9. The zero-order chi connectivity index (χ0) is 17.8. The van der Waals surface area contributed by atoms with Crippen molar-refractivity contribution < 1.29 is 14.3 Å². The lowest BCUT2D eigenvalue weighted by Crippen LogP contribution is -2.37. The molecule has 3 rings (SSSR count).